The molecule has 0 bridgehead atoms. The standard InChI is InChI=1S/C27H35N9O3/c1-3-4-9-29-26-25-21(30-27(28)31-26)18-35(32-25)17-19-5-6-20(16-22(19)39-2)34-13-10-33(11-14-34)12-15-36-23(37)7-8-24(36)38/h5-8,16,18H,3-4,9-15,17H2,1-2H3,(H3,28,29,30,31). The van der Waals surface area contributed by atoms with E-state index in [0.717, 1.165) is 62.6 Å². The minimum atomic E-state index is -0.227. The van der Waals surface area contributed by atoms with Crippen molar-refractivity contribution in [3.05, 3.63) is 42.1 Å². The van der Waals surface area contributed by atoms with Gasteiger partial charge in [0.1, 0.15) is 11.3 Å². The van der Waals surface area contributed by atoms with Crippen molar-refractivity contribution in [2.75, 3.05) is 68.9 Å². The van der Waals surface area contributed by atoms with Gasteiger partial charge in [0.15, 0.2) is 11.3 Å². The van der Waals surface area contributed by atoms with Crippen molar-refractivity contribution in [3.8, 4) is 5.75 Å². The largest absolute Gasteiger partial charge is 0.496 e. The molecule has 5 rings (SSSR count). The predicted molar refractivity (Wildman–Crippen MR) is 150 cm³/mol. The number of nitrogens with one attached hydrogen (secondary N) is 1. The highest BCUT2D eigenvalue weighted by atomic mass is 16.5. The van der Waals surface area contributed by atoms with Crippen LogP contribution in [-0.4, -0.2) is 94.3 Å². The van der Waals surface area contributed by atoms with E-state index in [1.807, 2.05) is 10.9 Å². The molecular weight excluding hydrogens is 498 g/mol. The van der Waals surface area contributed by atoms with E-state index >= 15 is 0 Å². The first-order valence-electron chi connectivity index (χ1n) is 13.4. The van der Waals surface area contributed by atoms with E-state index in [4.69, 9.17) is 15.6 Å². The average molecular weight is 534 g/mol. The topological polar surface area (TPSA) is 135 Å². The maximum absolute atomic E-state index is 11.8. The van der Waals surface area contributed by atoms with Gasteiger partial charge in [-0.15, -0.1) is 0 Å². The van der Waals surface area contributed by atoms with Crippen LogP contribution in [0.15, 0.2) is 36.5 Å². The number of methoxy groups -OCH3 is 1. The number of hydrogen-bond donors (Lipinski definition) is 2. The van der Waals surface area contributed by atoms with Gasteiger partial charge in [-0.2, -0.15) is 10.1 Å². The minimum Gasteiger partial charge on any atom is -0.496 e. The highest BCUT2D eigenvalue weighted by Gasteiger charge is 2.25. The van der Waals surface area contributed by atoms with Crippen molar-refractivity contribution >= 4 is 40.3 Å². The third-order valence-corrected chi connectivity index (χ3v) is 7.13. The molecular formula is C27H35N9O3. The zero-order valence-electron chi connectivity index (χ0n) is 22.5. The van der Waals surface area contributed by atoms with Gasteiger partial charge in [0.05, 0.1) is 19.9 Å². The van der Waals surface area contributed by atoms with Crippen LogP contribution in [0.25, 0.3) is 11.0 Å². The Morgan fingerprint density at radius 3 is 2.54 bits per heavy atom. The minimum absolute atomic E-state index is 0.220. The molecule has 2 aliphatic rings. The molecule has 0 aliphatic carbocycles. The first-order valence-corrected chi connectivity index (χ1v) is 13.4. The number of fused-ring (bicyclic) bond motifs is 1. The maximum atomic E-state index is 11.8. The van der Waals surface area contributed by atoms with Crippen molar-refractivity contribution in [1.29, 1.82) is 0 Å². The fourth-order valence-corrected chi connectivity index (χ4v) is 4.92. The Balaban J connectivity index is 1.22. The molecule has 12 heteroatoms. The summed E-state index contributed by atoms with van der Waals surface area (Å²) >= 11 is 0. The molecule has 3 aromatic rings. The van der Waals surface area contributed by atoms with E-state index in [1.165, 1.54) is 17.1 Å². The molecule has 39 heavy (non-hydrogen) atoms. The van der Waals surface area contributed by atoms with Gasteiger partial charge in [0.25, 0.3) is 11.8 Å². The number of nitrogens with two attached hydrogens (primary N) is 1. The van der Waals surface area contributed by atoms with Crippen LogP contribution < -0.4 is 20.7 Å². The zero-order chi connectivity index (χ0) is 27.4. The van der Waals surface area contributed by atoms with Crippen molar-refractivity contribution in [2.24, 2.45) is 0 Å². The molecule has 1 fully saturated rings. The number of unbranched alkanes of at least 4 members (excludes halogenated alkanes) is 1. The van der Waals surface area contributed by atoms with Crippen LogP contribution in [0.5, 0.6) is 5.75 Å². The Bertz CT molecular complexity index is 1360. The van der Waals surface area contributed by atoms with Crippen LogP contribution in [0.2, 0.25) is 0 Å². The number of benzene rings is 1. The lowest BCUT2D eigenvalue weighted by molar-refractivity contribution is -0.137. The molecule has 2 aromatic heterocycles. The molecule has 2 amide bonds. The fraction of sp³-hybridized carbons (Fsp3) is 0.444. The summed E-state index contributed by atoms with van der Waals surface area (Å²) in [5.41, 5.74) is 9.42. The monoisotopic (exact) mass is 533 g/mol. The number of amides is 2. The van der Waals surface area contributed by atoms with Crippen LogP contribution in [0.3, 0.4) is 0 Å². The Kier molecular flexibility index (Phi) is 7.92. The van der Waals surface area contributed by atoms with Gasteiger partial charge in [0.2, 0.25) is 5.95 Å². The van der Waals surface area contributed by atoms with E-state index in [9.17, 15) is 9.59 Å². The van der Waals surface area contributed by atoms with Crippen molar-refractivity contribution < 1.29 is 14.3 Å². The molecule has 0 radical (unpaired) electrons. The van der Waals surface area contributed by atoms with Crippen molar-refractivity contribution in [2.45, 2.75) is 26.3 Å². The first kappa shape index (κ1) is 26.4. The molecule has 1 aromatic carbocycles. The van der Waals surface area contributed by atoms with Gasteiger partial charge in [-0.25, -0.2) is 4.98 Å². The number of nitrogen functional groups attached to an aromatic ring is 1. The number of rotatable bonds is 11. The summed E-state index contributed by atoms with van der Waals surface area (Å²) in [7, 11) is 1.68. The number of piperazine rings is 1. The third kappa shape index (κ3) is 5.95. The molecule has 0 atom stereocenters. The Morgan fingerprint density at radius 2 is 1.82 bits per heavy atom. The van der Waals surface area contributed by atoms with Gasteiger partial charge < -0.3 is 20.7 Å². The van der Waals surface area contributed by atoms with Gasteiger partial charge in [-0.3, -0.25) is 24.1 Å². The molecule has 0 unspecified atom stereocenters. The second-order valence-corrected chi connectivity index (χ2v) is 9.76. The molecule has 2 aliphatic heterocycles. The molecule has 206 valence electrons. The van der Waals surface area contributed by atoms with Gasteiger partial charge in [-0.05, 0) is 12.5 Å². The second-order valence-electron chi connectivity index (χ2n) is 9.76. The summed E-state index contributed by atoms with van der Waals surface area (Å²) < 4.78 is 7.59. The summed E-state index contributed by atoms with van der Waals surface area (Å²) in [4.78, 5) is 38.2. The van der Waals surface area contributed by atoms with Crippen LogP contribution in [-0.2, 0) is 16.1 Å². The smallest absolute Gasteiger partial charge is 0.253 e. The van der Waals surface area contributed by atoms with E-state index in [-0.39, 0.29) is 17.8 Å². The van der Waals surface area contributed by atoms with Crippen molar-refractivity contribution in [1.82, 2.24) is 29.5 Å². The molecule has 4 heterocycles. The molecule has 0 saturated carbocycles. The van der Waals surface area contributed by atoms with E-state index in [2.05, 4.69) is 50.2 Å². The molecule has 0 spiro atoms. The van der Waals surface area contributed by atoms with Gasteiger partial charge >= 0.3 is 0 Å². The zero-order valence-corrected chi connectivity index (χ0v) is 22.5. The van der Waals surface area contributed by atoms with Gasteiger partial charge in [-0.1, -0.05) is 19.4 Å². The van der Waals surface area contributed by atoms with Crippen molar-refractivity contribution in [3.63, 3.8) is 0 Å². The number of anilines is 3. The Morgan fingerprint density at radius 1 is 1.05 bits per heavy atom. The molecule has 3 N–H and O–H groups in total. The summed E-state index contributed by atoms with van der Waals surface area (Å²) in [6.45, 7) is 7.96. The molecule has 12 nitrogen and oxygen atoms in total. The number of carbonyl (C=O) groups excluding carboxylic acids is 2. The molecule has 1 saturated heterocycles. The number of imide groups is 1. The van der Waals surface area contributed by atoms with Gasteiger partial charge in [0, 0.05) is 75.3 Å². The number of hydrogen-bond acceptors (Lipinski definition) is 10. The quantitative estimate of drug-likeness (QED) is 0.277. The summed E-state index contributed by atoms with van der Waals surface area (Å²) in [5, 5.41) is 8.06. The van der Waals surface area contributed by atoms with Crippen LogP contribution in [0.4, 0.5) is 17.5 Å². The number of ether oxygens (including phenoxy) is 1. The van der Waals surface area contributed by atoms with E-state index < -0.39 is 0 Å². The summed E-state index contributed by atoms with van der Waals surface area (Å²) in [6.07, 6.45) is 6.66. The fourth-order valence-electron chi connectivity index (χ4n) is 4.92. The first-order chi connectivity index (χ1) is 18.9. The lowest BCUT2D eigenvalue weighted by atomic mass is 10.1. The van der Waals surface area contributed by atoms with Crippen LogP contribution in [0, 0.1) is 0 Å². The lowest BCUT2D eigenvalue weighted by Crippen LogP contribution is -2.49. The highest BCUT2D eigenvalue weighted by molar-refractivity contribution is 6.12. The number of carbonyl (C=O) groups is 2. The third-order valence-electron chi connectivity index (χ3n) is 7.13. The maximum Gasteiger partial charge on any atom is 0.253 e. The second kappa shape index (κ2) is 11.7. The number of nitrogens with zero attached hydrogens (tertiary/aromatic N) is 7. The normalized spacial score (nSPS) is 16.1. The van der Waals surface area contributed by atoms with Crippen LogP contribution in [0.1, 0.15) is 25.3 Å². The highest BCUT2D eigenvalue weighted by Crippen LogP contribution is 2.28. The summed E-state index contributed by atoms with van der Waals surface area (Å²) in [5.74, 6) is 1.21. The van der Waals surface area contributed by atoms with Crippen LogP contribution >= 0.6 is 0 Å². The number of aromatic nitrogens is 4. The average Bonchev–Trinajstić information content (AvgIpc) is 3.49. The predicted octanol–water partition coefficient (Wildman–Crippen LogP) is 1.72. The van der Waals surface area contributed by atoms with E-state index in [0.29, 0.717) is 36.5 Å². The Hall–Kier alpha value is -4.19. The summed E-state index contributed by atoms with van der Waals surface area (Å²) in [6, 6.07) is 6.25. The van der Waals surface area contributed by atoms with E-state index in [1.54, 1.807) is 7.11 Å². The lowest BCUT2D eigenvalue weighted by Gasteiger charge is -2.36. The Labute approximate surface area is 227 Å². The SMILES string of the molecule is CCCCNc1nc(N)nc2cn(Cc3ccc(N4CCN(CCN5C(=O)C=CC5=O)CC4)cc3OC)nc12.